The van der Waals surface area contributed by atoms with Crippen LogP contribution < -0.4 is 5.32 Å². The fourth-order valence-corrected chi connectivity index (χ4v) is 2.64. The minimum absolute atomic E-state index is 0.577. The third-order valence-corrected chi connectivity index (χ3v) is 3.94. The first-order chi connectivity index (χ1) is 11.4. The van der Waals surface area contributed by atoms with Gasteiger partial charge in [-0.05, 0) is 11.6 Å². The number of hydrogen-bond donors (Lipinski definition) is 1. The number of pyridine rings is 1. The lowest BCUT2D eigenvalue weighted by molar-refractivity contribution is 0.0398. The van der Waals surface area contributed by atoms with Gasteiger partial charge in [-0.25, -0.2) is 4.98 Å². The number of rotatable bonds is 5. The fraction of sp³-hybridized carbons (Fsp3) is 0.333. The van der Waals surface area contributed by atoms with Crippen molar-refractivity contribution in [3.8, 4) is 17.2 Å². The van der Waals surface area contributed by atoms with Gasteiger partial charge in [-0.3, -0.25) is 4.90 Å². The molecule has 118 valence electrons. The zero-order valence-corrected chi connectivity index (χ0v) is 13.0. The van der Waals surface area contributed by atoms with Crippen molar-refractivity contribution < 1.29 is 4.74 Å². The average molecular weight is 308 g/mol. The Morgan fingerprint density at radius 1 is 1.17 bits per heavy atom. The second kappa shape index (κ2) is 7.73. The van der Waals surface area contributed by atoms with E-state index in [1.54, 1.807) is 0 Å². The van der Waals surface area contributed by atoms with Gasteiger partial charge in [0.15, 0.2) is 0 Å². The first-order valence-corrected chi connectivity index (χ1v) is 7.86. The smallest absolute Gasteiger partial charge is 0.143 e. The number of hydrogen-bond acceptors (Lipinski definition) is 5. The summed E-state index contributed by atoms with van der Waals surface area (Å²) in [6.45, 7) is 5.23. The molecule has 0 spiro atoms. The van der Waals surface area contributed by atoms with E-state index in [2.05, 4.69) is 21.3 Å². The van der Waals surface area contributed by atoms with Crippen LogP contribution in [0.25, 0.3) is 11.1 Å². The maximum absolute atomic E-state index is 9.38. The van der Waals surface area contributed by atoms with Gasteiger partial charge in [0.25, 0.3) is 0 Å². The highest BCUT2D eigenvalue weighted by Crippen LogP contribution is 2.22. The van der Waals surface area contributed by atoms with E-state index >= 15 is 0 Å². The summed E-state index contributed by atoms with van der Waals surface area (Å²) in [6, 6.07) is 14.1. The maximum atomic E-state index is 9.38. The van der Waals surface area contributed by atoms with Gasteiger partial charge < -0.3 is 10.1 Å². The van der Waals surface area contributed by atoms with E-state index in [9.17, 15) is 5.26 Å². The van der Waals surface area contributed by atoms with E-state index in [1.807, 2.05) is 42.6 Å². The van der Waals surface area contributed by atoms with Gasteiger partial charge in [-0.15, -0.1) is 0 Å². The second-order valence-corrected chi connectivity index (χ2v) is 5.48. The van der Waals surface area contributed by atoms with E-state index in [0.29, 0.717) is 11.4 Å². The Morgan fingerprint density at radius 2 is 1.96 bits per heavy atom. The largest absolute Gasteiger partial charge is 0.379 e. The summed E-state index contributed by atoms with van der Waals surface area (Å²) in [5, 5.41) is 12.7. The third-order valence-electron chi connectivity index (χ3n) is 3.94. The predicted molar refractivity (Wildman–Crippen MR) is 90.1 cm³/mol. The number of nitriles is 1. The van der Waals surface area contributed by atoms with Crippen LogP contribution in [-0.2, 0) is 4.74 Å². The molecule has 2 aromatic rings. The Morgan fingerprint density at radius 3 is 2.70 bits per heavy atom. The SMILES string of the molecule is N#Cc1cc(-c2ccccc2)cnc1NCCN1CCOCC1. The van der Waals surface area contributed by atoms with Gasteiger partial charge in [0.05, 0.1) is 18.8 Å². The number of nitrogens with one attached hydrogen (secondary N) is 1. The monoisotopic (exact) mass is 308 g/mol. The van der Waals surface area contributed by atoms with E-state index < -0.39 is 0 Å². The zero-order chi connectivity index (χ0) is 15.9. The Hall–Kier alpha value is -2.42. The number of aromatic nitrogens is 1. The lowest BCUT2D eigenvalue weighted by Gasteiger charge is -2.26. The van der Waals surface area contributed by atoms with Crippen LogP contribution >= 0.6 is 0 Å². The molecule has 3 rings (SSSR count). The minimum atomic E-state index is 0.577. The lowest BCUT2D eigenvalue weighted by atomic mass is 10.1. The van der Waals surface area contributed by atoms with Crippen molar-refractivity contribution in [3.63, 3.8) is 0 Å². The normalized spacial score (nSPS) is 15.1. The standard InChI is InChI=1S/C18H20N4O/c19-13-16-12-17(15-4-2-1-3-5-15)14-21-18(16)20-6-7-22-8-10-23-11-9-22/h1-5,12,14H,6-11H2,(H,20,21). The minimum Gasteiger partial charge on any atom is -0.379 e. The fourth-order valence-electron chi connectivity index (χ4n) is 2.64. The predicted octanol–water partition coefficient (Wildman–Crippen LogP) is 2.36. The van der Waals surface area contributed by atoms with Gasteiger partial charge in [-0.2, -0.15) is 5.26 Å². The van der Waals surface area contributed by atoms with Crippen molar-refractivity contribution in [1.29, 1.82) is 5.26 Å². The van der Waals surface area contributed by atoms with Crippen LogP contribution in [0.2, 0.25) is 0 Å². The Bertz CT molecular complexity index is 675. The summed E-state index contributed by atoms with van der Waals surface area (Å²) in [5.74, 6) is 0.653. The molecule has 1 aliphatic rings. The summed E-state index contributed by atoms with van der Waals surface area (Å²) in [7, 11) is 0. The Balaban J connectivity index is 1.64. The van der Waals surface area contributed by atoms with Crippen LogP contribution in [0, 0.1) is 11.3 Å². The lowest BCUT2D eigenvalue weighted by Crippen LogP contribution is -2.39. The number of nitrogens with zero attached hydrogens (tertiary/aromatic N) is 3. The molecule has 2 heterocycles. The molecule has 0 aliphatic carbocycles. The molecule has 0 atom stereocenters. The molecule has 0 unspecified atom stereocenters. The molecule has 1 aromatic heterocycles. The van der Waals surface area contributed by atoms with E-state index in [1.165, 1.54) is 0 Å². The highest BCUT2D eigenvalue weighted by molar-refractivity contribution is 5.67. The number of anilines is 1. The van der Waals surface area contributed by atoms with Crippen LogP contribution in [0.5, 0.6) is 0 Å². The molecule has 23 heavy (non-hydrogen) atoms. The van der Waals surface area contributed by atoms with Crippen LogP contribution in [0.15, 0.2) is 42.6 Å². The van der Waals surface area contributed by atoms with E-state index in [0.717, 1.165) is 50.5 Å². The van der Waals surface area contributed by atoms with Crippen LogP contribution in [0.3, 0.4) is 0 Å². The van der Waals surface area contributed by atoms with Crippen LogP contribution in [-0.4, -0.2) is 49.3 Å². The van der Waals surface area contributed by atoms with Gasteiger partial charge >= 0.3 is 0 Å². The van der Waals surface area contributed by atoms with Gasteiger partial charge in [0.1, 0.15) is 11.9 Å². The molecule has 1 fully saturated rings. The first kappa shape index (κ1) is 15.5. The molecule has 0 bridgehead atoms. The van der Waals surface area contributed by atoms with Crippen molar-refractivity contribution in [2.45, 2.75) is 0 Å². The molecule has 0 radical (unpaired) electrons. The van der Waals surface area contributed by atoms with Crippen molar-refractivity contribution in [1.82, 2.24) is 9.88 Å². The van der Waals surface area contributed by atoms with Gasteiger partial charge in [-0.1, -0.05) is 30.3 Å². The molecule has 5 nitrogen and oxygen atoms in total. The number of benzene rings is 1. The van der Waals surface area contributed by atoms with Crippen molar-refractivity contribution in [3.05, 3.63) is 48.2 Å². The summed E-state index contributed by atoms with van der Waals surface area (Å²) in [4.78, 5) is 6.78. The van der Waals surface area contributed by atoms with Crippen LogP contribution in [0.1, 0.15) is 5.56 Å². The van der Waals surface area contributed by atoms with Crippen LogP contribution in [0.4, 0.5) is 5.82 Å². The summed E-state index contributed by atoms with van der Waals surface area (Å²) >= 11 is 0. The van der Waals surface area contributed by atoms with Crippen molar-refractivity contribution in [2.75, 3.05) is 44.7 Å². The van der Waals surface area contributed by atoms with Gasteiger partial charge in [0.2, 0.25) is 0 Å². The summed E-state index contributed by atoms with van der Waals surface area (Å²) in [5.41, 5.74) is 2.60. The molecule has 5 heteroatoms. The second-order valence-electron chi connectivity index (χ2n) is 5.48. The molecule has 1 N–H and O–H groups in total. The molecule has 1 aromatic carbocycles. The quantitative estimate of drug-likeness (QED) is 0.919. The molecule has 0 saturated carbocycles. The third kappa shape index (κ3) is 4.07. The number of morpholine rings is 1. The average Bonchev–Trinajstić information content (AvgIpc) is 2.63. The van der Waals surface area contributed by atoms with Crippen molar-refractivity contribution in [2.24, 2.45) is 0 Å². The highest BCUT2D eigenvalue weighted by Gasteiger charge is 2.11. The zero-order valence-electron chi connectivity index (χ0n) is 13.0. The molecular weight excluding hydrogens is 288 g/mol. The topological polar surface area (TPSA) is 61.2 Å². The summed E-state index contributed by atoms with van der Waals surface area (Å²) in [6.07, 6.45) is 1.81. The molecule has 1 aliphatic heterocycles. The van der Waals surface area contributed by atoms with E-state index in [4.69, 9.17) is 4.74 Å². The molecule has 0 amide bonds. The number of ether oxygens (including phenoxy) is 1. The van der Waals surface area contributed by atoms with Crippen molar-refractivity contribution >= 4 is 5.82 Å². The summed E-state index contributed by atoms with van der Waals surface area (Å²) < 4.78 is 5.34. The maximum Gasteiger partial charge on any atom is 0.143 e. The van der Waals surface area contributed by atoms with E-state index in [-0.39, 0.29) is 0 Å². The van der Waals surface area contributed by atoms with Gasteiger partial charge in [0, 0.05) is 37.9 Å². The highest BCUT2D eigenvalue weighted by atomic mass is 16.5. The Labute approximate surface area is 136 Å². The first-order valence-electron chi connectivity index (χ1n) is 7.86. The molecular formula is C18H20N4O. The Kier molecular flexibility index (Phi) is 5.20. The molecule has 1 saturated heterocycles.